The first-order valence-corrected chi connectivity index (χ1v) is 7.92. The highest BCUT2D eigenvalue weighted by atomic mass is 79.9. The van der Waals surface area contributed by atoms with Gasteiger partial charge in [-0.1, -0.05) is 55.1 Å². The summed E-state index contributed by atoms with van der Waals surface area (Å²) in [5, 5.41) is 0.495. The fraction of sp³-hybridized carbons (Fsp3) is 0.778. The summed E-state index contributed by atoms with van der Waals surface area (Å²) < 4.78 is 10.9. The van der Waals surface area contributed by atoms with Crippen LogP contribution in [0.3, 0.4) is 0 Å². The predicted molar refractivity (Wildman–Crippen MR) is 78.1 cm³/mol. The molecule has 1 fully saturated rings. The molecule has 0 radical (unpaired) electrons. The molecular formula is C9H8Br2Cl4O2. The largest absolute Gasteiger partial charge is 0.349 e. The zero-order valence-electron chi connectivity index (χ0n) is 8.74. The Kier molecular flexibility index (Phi) is 3.92. The van der Waals surface area contributed by atoms with Crippen LogP contribution in [0.4, 0.5) is 0 Å². The van der Waals surface area contributed by atoms with Crippen LogP contribution in [-0.4, -0.2) is 39.4 Å². The van der Waals surface area contributed by atoms with Crippen molar-refractivity contribution < 1.29 is 9.47 Å². The van der Waals surface area contributed by atoms with Gasteiger partial charge in [-0.05, 0) is 0 Å². The molecule has 4 atom stereocenters. The summed E-state index contributed by atoms with van der Waals surface area (Å²) in [4.78, 5) is -2.93. The first-order valence-electron chi connectivity index (χ1n) is 4.58. The van der Waals surface area contributed by atoms with Crippen molar-refractivity contribution in [3.8, 4) is 0 Å². The van der Waals surface area contributed by atoms with E-state index < -0.39 is 15.5 Å². The lowest BCUT2D eigenvalue weighted by Gasteiger charge is -2.40. The third-order valence-corrected chi connectivity index (χ3v) is 9.66. The van der Waals surface area contributed by atoms with Crippen molar-refractivity contribution in [1.82, 2.24) is 0 Å². The van der Waals surface area contributed by atoms with Crippen LogP contribution in [0.2, 0.25) is 0 Å². The molecule has 2 rings (SSSR count). The van der Waals surface area contributed by atoms with Crippen molar-refractivity contribution in [1.29, 1.82) is 0 Å². The highest BCUT2D eigenvalue weighted by molar-refractivity contribution is 9.12. The number of halogens is 6. The van der Waals surface area contributed by atoms with Crippen LogP contribution in [0.25, 0.3) is 0 Å². The topological polar surface area (TPSA) is 18.5 Å². The lowest BCUT2D eigenvalue weighted by atomic mass is 10.0. The standard InChI is InChI=1S/C9H8Br2Cl4O2/c1-16-9(17-2)7(14)3(10)4(11)8(9,15)6(13)5(7)12/h3-4H,1-2H3/t3-,4-,7+,8+/m1/s1. The molecule has 0 heterocycles. The second-order valence-corrected chi connectivity index (χ2v) is 7.80. The molecule has 1 saturated carbocycles. The molecule has 0 amide bonds. The summed E-state index contributed by atoms with van der Waals surface area (Å²) in [5.74, 6) is -1.33. The van der Waals surface area contributed by atoms with Crippen LogP contribution in [0, 0.1) is 0 Å². The van der Waals surface area contributed by atoms with Crippen LogP contribution >= 0.6 is 78.3 Å². The first kappa shape index (κ1) is 15.2. The van der Waals surface area contributed by atoms with Gasteiger partial charge in [0.25, 0.3) is 0 Å². The number of hydrogen-bond donors (Lipinski definition) is 0. The molecule has 2 nitrogen and oxygen atoms in total. The van der Waals surface area contributed by atoms with Gasteiger partial charge < -0.3 is 9.47 Å². The normalized spacial score (nSPS) is 48.0. The summed E-state index contributed by atoms with van der Waals surface area (Å²) in [5.41, 5.74) is 0. The summed E-state index contributed by atoms with van der Waals surface area (Å²) in [6.07, 6.45) is 0. The number of methoxy groups -OCH3 is 2. The quantitative estimate of drug-likeness (QED) is 0.465. The van der Waals surface area contributed by atoms with Gasteiger partial charge in [-0.15, -0.1) is 23.2 Å². The van der Waals surface area contributed by atoms with Crippen molar-refractivity contribution >= 4 is 78.3 Å². The molecule has 98 valence electrons. The number of hydrogen-bond acceptors (Lipinski definition) is 2. The van der Waals surface area contributed by atoms with E-state index in [-0.39, 0.29) is 19.7 Å². The fourth-order valence-corrected chi connectivity index (χ4v) is 6.96. The second-order valence-electron chi connectivity index (χ2n) is 3.88. The minimum absolute atomic E-state index is 0.247. The molecule has 2 aliphatic rings. The van der Waals surface area contributed by atoms with Crippen molar-refractivity contribution in [3.05, 3.63) is 10.1 Å². The molecule has 0 aromatic carbocycles. The van der Waals surface area contributed by atoms with Crippen molar-refractivity contribution in [2.45, 2.75) is 25.2 Å². The zero-order chi connectivity index (χ0) is 13.2. The maximum Gasteiger partial charge on any atom is 0.219 e. The van der Waals surface area contributed by atoms with Gasteiger partial charge in [-0.3, -0.25) is 0 Å². The Labute approximate surface area is 136 Å². The van der Waals surface area contributed by atoms with Crippen LogP contribution in [0.15, 0.2) is 10.1 Å². The number of ether oxygens (including phenoxy) is 2. The summed E-state index contributed by atoms with van der Waals surface area (Å²) in [6, 6.07) is 0. The Bertz CT molecular complexity index is 368. The van der Waals surface area contributed by atoms with E-state index >= 15 is 0 Å². The van der Waals surface area contributed by atoms with Gasteiger partial charge in [-0.25, -0.2) is 0 Å². The van der Waals surface area contributed by atoms with Crippen molar-refractivity contribution in [2.75, 3.05) is 14.2 Å². The highest BCUT2D eigenvalue weighted by Gasteiger charge is 2.84. The molecule has 0 saturated heterocycles. The Balaban J connectivity index is 2.77. The lowest BCUT2D eigenvalue weighted by Crippen LogP contribution is -2.57. The van der Waals surface area contributed by atoms with E-state index in [2.05, 4.69) is 31.9 Å². The molecule has 2 aliphatic carbocycles. The predicted octanol–water partition coefficient (Wildman–Crippen LogP) is 4.17. The maximum absolute atomic E-state index is 6.61. The van der Waals surface area contributed by atoms with E-state index in [0.717, 1.165) is 0 Å². The monoisotopic (exact) mass is 446 g/mol. The van der Waals surface area contributed by atoms with E-state index in [4.69, 9.17) is 55.9 Å². The van der Waals surface area contributed by atoms with Gasteiger partial charge in [-0.2, -0.15) is 0 Å². The van der Waals surface area contributed by atoms with Gasteiger partial charge >= 0.3 is 0 Å². The molecule has 0 aromatic heterocycles. The van der Waals surface area contributed by atoms with Crippen molar-refractivity contribution in [3.63, 3.8) is 0 Å². The van der Waals surface area contributed by atoms with E-state index in [1.54, 1.807) is 0 Å². The second kappa shape index (κ2) is 4.39. The Morgan fingerprint density at radius 3 is 1.41 bits per heavy atom. The molecule has 2 bridgehead atoms. The van der Waals surface area contributed by atoms with Crippen molar-refractivity contribution in [2.24, 2.45) is 0 Å². The number of rotatable bonds is 2. The molecule has 17 heavy (non-hydrogen) atoms. The summed E-state index contributed by atoms with van der Waals surface area (Å²) >= 11 is 32.6. The molecule has 0 aliphatic heterocycles. The lowest BCUT2D eigenvalue weighted by molar-refractivity contribution is -0.215. The molecule has 0 N–H and O–H groups in total. The SMILES string of the molecule is COC1(OC)[C@@]2(Cl)C(Cl)=C(Cl)[C@@]1(Cl)[C@H](Br)[C@H]2Br. The third kappa shape index (κ3) is 1.33. The molecule has 0 aromatic rings. The van der Waals surface area contributed by atoms with Gasteiger partial charge in [0, 0.05) is 14.2 Å². The van der Waals surface area contributed by atoms with Crippen LogP contribution in [-0.2, 0) is 9.47 Å². The Hall–Kier alpha value is 1.78. The first-order chi connectivity index (χ1) is 7.75. The van der Waals surface area contributed by atoms with E-state index in [0.29, 0.717) is 0 Å². The van der Waals surface area contributed by atoms with Gasteiger partial charge in [0.1, 0.15) is 0 Å². The minimum atomic E-state index is -1.33. The Morgan fingerprint density at radius 1 is 0.941 bits per heavy atom. The smallest absolute Gasteiger partial charge is 0.219 e. The zero-order valence-corrected chi connectivity index (χ0v) is 14.9. The highest BCUT2D eigenvalue weighted by Crippen LogP contribution is 2.72. The molecule has 0 unspecified atom stereocenters. The van der Waals surface area contributed by atoms with Gasteiger partial charge in [0.05, 0.1) is 19.7 Å². The average molecular weight is 450 g/mol. The van der Waals surface area contributed by atoms with Crippen LogP contribution in [0.5, 0.6) is 0 Å². The van der Waals surface area contributed by atoms with E-state index in [1.165, 1.54) is 14.2 Å². The summed E-state index contributed by atoms with van der Waals surface area (Å²) in [7, 11) is 2.92. The number of fused-ring (bicyclic) bond motifs is 2. The molecule has 0 spiro atoms. The summed E-state index contributed by atoms with van der Waals surface area (Å²) in [6.45, 7) is 0. The Morgan fingerprint density at radius 2 is 1.24 bits per heavy atom. The van der Waals surface area contributed by atoms with Gasteiger partial charge in [0.15, 0.2) is 9.75 Å². The van der Waals surface area contributed by atoms with E-state index in [9.17, 15) is 0 Å². The van der Waals surface area contributed by atoms with Gasteiger partial charge in [0.2, 0.25) is 5.79 Å². The molecular weight excluding hydrogens is 442 g/mol. The minimum Gasteiger partial charge on any atom is -0.349 e. The number of alkyl halides is 4. The van der Waals surface area contributed by atoms with Crippen LogP contribution in [0.1, 0.15) is 0 Å². The molecule has 8 heteroatoms. The maximum atomic E-state index is 6.61. The van der Waals surface area contributed by atoms with E-state index in [1.807, 2.05) is 0 Å². The van der Waals surface area contributed by atoms with Crippen LogP contribution < -0.4 is 0 Å². The fourth-order valence-electron chi connectivity index (χ4n) is 2.56. The average Bonchev–Trinajstić information content (AvgIpc) is 2.54. The third-order valence-electron chi connectivity index (χ3n) is 3.38.